The number of halogens is 1. The van der Waals surface area contributed by atoms with Crippen LogP contribution >= 0.6 is 11.8 Å². The highest BCUT2D eigenvalue weighted by Gasteiger charge is 2.34. The van der Waals surface area contributed by atoms with Crippen molar-refractivity contribution in [2.24, 2.45) is 11.8 Å². The van der Waals surface area contributed by atoms with Gasteiger partial charge in [-0.3, -0.25) is 4.79 Å². The highest BCUT2D eigenvalue weighted by atomic mass is 32.2. The third kappa shape index (κ3) is 3.70. The maximum absolute atomic E-state index is 13.4. The maximum atomic E-state index is 13.4. The fourth-order valence-corrected chi connectivity index (χ4v) is 3.37. The number of rotatable bonds is 5. The molecule has 1 N–H and O–H groups in total. The molecule has 2 unspecified atom stereocenters. The van der Waals surface area contributed by atoms with E-state index in [1.165, 1.54) is 17.8 Å². The van der Waals surface area contributed by atoms with Gasteiger partial charge in [-0.15, -0.1) is 11.8 Å². The molecule has 1 saturated heterocycles. The number of hydrogen-bond acceptors (Lipinski definition) is 3. The average molecular weight is 283 g/mol. The number of aliphatic carboxylic acids is 1. The molecule has 0 spiro atoms. The zero-order valence-electron chi connectivity index (χ0n) is 10.9. The van der Waals surface area contributed by atoms with Crippen LogP contribution < -0.4 is 0 Å². The lowest BCUT2D eigenvalue weighted by Gasteiger charge is -2.14. The Balaban J connectivity index is 1.78. The average Bonchev–Trinajstić information content (AvgIpc) is 2.73. The van der Waals surface area contributed by atoms with Gasteiger partial charge in [0.2, 0.25) is 0 Å². The molecule has 0 radical (unpaired) electrons. The number of thioether (sulfide) groups is 1. The first-order valence-electron chi connectivity index (χ1n) is 6.40. The number of likely N-dealkylation sites (tertiary alicyclic amines) is 1. The van der Waals surface area contributed by atoms with Crippen molar-refractivity contribution in [1.29, 1.82) is 0 Å². The van der Waals surface area contributed by atoms with Crippen LogP contribution in [-0.2, 0) is 4.79 Å². The molecular formula is C14H18FNO2S. The first kappa shape index (κ1) is 14.3. The molecule has 5 heteroatoms. The maximum Gasteiger partial charge on any atom is 0.308 e. The molecule has 1 aromatic carbocycles. The van der Waals surface area contributed by atoms with Crippen LogP contribution in [0, 0.1) is 17.7 Å². The molecule has 0 aliphatic carbocycles. The van der Waals surface area contributed by atoms with E-state index in [2.05, 4.69) is 4.90 Å². The number of carboxylic acid groups (broad SMARTS) is 1. The highest BCUT2D eigenvalue weighted by Crippen LogP contribution is 2.25. The van der Waals surface area contributed by atoms with Crippen molar-refractivity contribution in [3.63, 3.8) is 0 Å². The van der Waals surface area contributed by atoms with E-state index in [1.807, 2.05) is 13.0 Å². The second-order valence-corrected chi connectivity index (χ2v) is 6.10. The molecule has 1 aromatic rings. The van der Waals surface area contributed by atoms with E-state index in [0.29, 0.717) is 11.4 Å². The van der Waals surface area contributed by atoms with Crippen LogP contribution in [0.5, 0.6) is 0 Å². The van der Waals surface area contributed by atoms with Crippen LogP contribution in [0.15, 0.2) is 29.2 Å². The van der Waals surface area contributed by atoms with E-state index in [4.69, 9.17) is 5.11 Å². The Kier molecular flexibility index (Phi) is 4.82. The van der Waals surface area contributed by atoms with Crippen LogP contribution in [0.2, 0.25) is 0 Å². The Morgan fingerprint density at radius 1 is 1.47 bits per heavy atom. The molecule has 0 amide bonds. The van der Waals surface area contributed by atoms with Gasteiger partial charge in [-0.2, -0.15) is 0 Å². The quantitative estimate of drug-likeness (QED) is 0.843. The van der Waals surface area contributed by atoms with Gasteiger partial charge in [-0.1, -0.05) is 19.1 Å². The van der Waals surface area contributed by atoms with Gasteiger partial charge in [0, 0.05) is 30.3 Å². The number of nitrogens with zero attached hydrogens (tertiary/aromatic N) is 1. The molecule has 19 heavy (non-hydrogen) atoms. The number of hydrogen-bond donors (Lipinski definition) is 1. The Morgan fingerprint density at radius 2 is 2.21 bits per heavy atom. The fraction of sp³-hybridized carbons (Fsp3) is 0.500. The lowest BCUT2D eigenvalue weighted by molar-refractivity contribution is -0.142. The Bertz CT molecular complexity index is 455. The third-order valence-corrected chi connectivity index (χ3v) is 4.54. The minimum atomic E-state index is -0.711. The molecule has 0 aromatic heterocycles. The first-order valence-corrected chi connectivity index (χ1v) is 7.39. The second-order valence-electron chi connectivity index (χ2n) is 4.96. The van der Waals surface area contributed by atoms with E-state index < -0.39 is 5.97 Å². The van der Waals surface area contributed by atoms with Gasteiger partial charge in [0.15, 0.2) is 0 Å². The van der Waals surface area contributed by atoms with E-state index >= 15 is 0 Å². The van der Waals surface area contributed by atoms with Crippen molar-refractivity contribution in [3.8, 4) is 0 Å². The molecule has 2 atom stereocenters. The summed E-state index contributed by atoms with van der Waals surface area (Å²) in [5.41, 5.74) is 0. The molecule has 2 rings (SSSR count). The molecule has 1 fully saturated rings. The zero-order valence-corrected chi connectivity index (χ0v) is 11.7. The van der Waals surface area contributed by atoms with Crippen LogP contribution in [0.1, 0.15) is 6.92 Å². The van der Waals surface area contributed by atoms with Gasteiger partial charge in [0.1, 0.15) is 5.82 Å². The summed E-state index contributed by atoms with van der Waals surface area (Å²) in [4.78, 5) is 13.8. The lowest BCUT2D eigenvalue weighted by atomic mass is 9.99. The van der Waals surface area contributed by atoms with Crippen LogP contribution in [-0.4, -0.2) is 41.4 Å². The molecule has 0 bridgehead atoms. The van der Waals surface area contributed by atoms with Crippen molar-refractivity contribution in [2.75, 3.05) is 25.4 Å². The second kappa shape index (κ2) is 6.39. The van der Waals surface area contributed by atoms with E-state index in [-0.39, 0.29) is 17.7 Å². The Morgan fingerprint density at radius 3 is 2.84 bits per heavy atom. The first-order chi connectivity index (χ1) is 9.08. The van der Waals surface area contributed by atoms with Crippen LogP contribution in [0.3, 0.4) is 0 Å². The summed E-state index contributed by atoms with van der Waals surface area (Å²) in [6.45, 7) is 4.19. The smallest absolute Gasteiger partial charge is 0.308 e. The van der Waals surface area contributed by atoms with Crippen molar-refractivity contribution < 1.29 is 14.3 Å². The van der Waals surface area contributed by atoms with Crippen molar-refractivity contribution in [1.82, 2.24) is 4.90 Å². The summed E-state index contributed by atoms with van der Waals surface area (Å²) >= 11 is 1.48. The predicted octanol–water partition coefficient (Wildman–Crippen LogP) is 2.57. The van der Waals surface area contributed by atoms with Gasteiger partial charge in [-0.05, 0) is 18.1 Å². The van der Waals surface area contributed by atoms with Gasteiger partial charge >= 0.3 is 5.97 Å². The van der Waals surface area contributed by atoms with Gasteiger partial charge in [0.05, 0.1) is 5.92 Å². The SMILES string of the molecule is CC1CN(CCSc2ccccc2F)CC1C(=O)O. The topological polar surface area (TPSA) is 40.5 Å². The Labute approximate surface area is 116 Å². The molecule has 1 aliphatic rings. The number of benzene rings is 1. The fourth-order valence-electron chi connectivity index (χ4n) is 2.42. The molecule has 1 heterocycles. The largest absolute Gasteiger partial charge is 0.481 e. The number of carboxylic acids is 1. The van der Waals surface area contributed by atoms with Crippen LogP contribution in [0.25, 0.3) is 0 Å². The van der Waals surface area contributed by atoms with Crippen molar-refractivity contribution in [2.45, 2.75) is 11.8 Å². The Hall–Kier alpha value is -1.07. The highest BCUT2D eigenvalue weighted by molar-refractivity contribution is 7.99. The summed E-state index contributed by atoms with van der Waals surface area (Å²) in [6, 6.07) is 6.73. The standard InChI is InChI=1S/C14H18FNO2S/c1-10-8-16(9-11(10)14(17)18)6-7-19-13-5-3-2-4-12(13)15/h2-5,10-11H,6-9H2,1H3,(H,17,18). The minimum absolute atomic E-state index is 0.189. The number of carbonyl (C=O) groups is 1. The van der Waals surface area contributed by atoms with E-state index in [0.717, 1.165) is 18.8 Å². The van der Waals surface area contributed by atoms with E-state index in [9.17, 15) is 9.18 Å². The van der Waals surface area contributed by atoms with Gasteiger partial charge in [-0.25, -0.2) is 4.39 Å². The zero-order chi connectivity index (χ0) is 13.8. The van der Waals surface area contributed by atoms with Crippen molar-refractivity contribution >= 4 is 17.7 Å². The van der Waals surface area contributed by atoms with E-state index in [1.54, 1.807) is 12.1 Å². The third-order valence-electron chi connectivity index (χ3n) is 3.51. The normalized spacial score (nSPS) is 23.7. The van der Waals surface area contributed by atoms with Gasteiger partial charge < -0.3 is 10.0 Å². The molecule has 3 nitrogen and oxygen atoms in total. The lowest BCUT2D eigenvalue weighted by Crippen LogP contribution is -2.25. The molecule has 104 valence electrons. The summed E-state index contributed by atoms with van der Waals surface area (Å²) in [5, 5.41) is 9.06. The summed E-state index contributed by atoms with van der Waals surface area (Å²) in [6.07, 6.45) is 0. The summed E-state index contributed by atoms with van der Waals surface area (Å²) < 4.78 is 13.4. The molecule has 1 aliphatic heterocycles. The molecular weight excluding hydrogens is 265 g/mol. The molecule has 0 saturated carbocycles. The summed E-state index contributed by atoms with van der Waals surface area (Å²) in [7, 11) is 0. The summed E-state index contributed by atoms with van der Waals surface area (Å²) in [5.74, 6) is -0.197. The minimum Gasteiger partial charge on any atom is -0.481 e. The predicted molar refractivity (Wildman–Crippen MR) is 73.9 cm³/mol. The van der Waals surface area contributed by atoms with Gasteiger partial charge in [0.25, 0.3) is 0 Å². The van der Waals surface area contributed by atoms with Crippen molar-refractivity contribution in [3.05, 3.63) is 30.1 Å². The monoisotopic (exact) mass is 283 g/mol. The van der Waals surface area contributed by atoms with Crippen LogP contribution in [0.4, 0.5) is 4.39 Å².